The first-order valence-electron chi connectivity index (χ1n) is 36.4. The summed E-state index contributed by atoms with van der Waals surface area (Å²) in [4.78, 5) is 55.8. The topological polar surface area (TPSA) is 496 Å². The Morgan fingerprint density at radius 3 is 1.80 bits per heavy atom. The lowest BCUT2D eigenvalue weighted by Crippen LogP contribution is -2.69. The Hall–Kier alpha value is -3.14. The first kappa shape index (κ1) is 80.4. The fourth-order valence-electron chi connectivity index (χ4n) is 19.4. The molecule has 10 rings (SSSR count). The zero-order valence-corrected chi connectivity index (χ0v) is 58.7. The minimum atomic E-state index is -2.20. The normalized spacial score (nSPS) is 48.1. The van der Waals surface area contributed by atoms with Gasteiger partial charge in [0.05, 0.1) is 50.1 Å². The quantitative estimate of drug-likeness (QED) is 0.0144. The minimum absolute atomic E-state index is 0.107. The van der Waals surface area contributed by atoms with Crippen LogP contribution in [0.15, 0.2) is 11.6 Å². The smallest absolute Gasteiger partial charge is 0.335 e. The number of aliphatic hydroxyl groups is 15. The number of esters is 1. The van der Waals surface area contributed by atoms with E-state index in [9.17, 15) is 96.1 Å². The molecule has 31 heteroatoms. The maximum Gasteiger partial charge on any atom is 0.335 e. The van der Waals surface area contributed by atoms with Crippen molar-refractivity contribution < 1.29 is 148 Å². The molecule has 0 bridgehead atoms. The van der Waals surface area contributed by atoms with E-state index in [-0.39, 0.29) is 37.0 Å². The Bertz CT molecular complexity index is 2840. The van der Waals surface area contributed by atoms with Crippen LogP contribution in [0.4, 0.5) is 0 Å². The van der Waals surface area contributed by atoms with Crippen LogP contribution in [0.25, 0.3) is 0 Å². The number of amides is 1. The van der Waals surface area contributed by atoms with E-state index in [1.165, 1.54) is 0 Å². The van der Waals surface area contributed by atoms with Crippen molar-refractivity contribution in [2.45, 2.75) is 317 Å². The van der Waals surface area contributed by atoms with E-state index >= 15 is 4.79 Å². The predicted molar refractivity (Wildman–Crippen MR) is 345 cm³/mol. The van der Waals surface area contributed by atoms with Crippen LogP contribution in [0.3, 0.4) is 0 Å². The second-order valence-corrected chi connectivity index (χ2v) is 32.2. The van der Waals surface area contributed by atoms with Crippen molar-refractivity contribution in [3.8, 4) is 0 Å². The van der Waals surface area contributed by atoms with Gasteiger partial charge in [0.2, 0.25) is 12.2 Å². The van der Waals surface area contributed by atoms with Gasteiger partial charge in [-0.25, -0.2) is 4.79 Å². The summed E-state index contributed by atoms with van der Waals surface area (Å²) in [5.74, 6) is -4.19. The summed E-state index contributed by atoms with van der Waals surface area (Å²) in [7, 11) is 0. The van der Waals surface area contributed by atoms with Gasteiger partial charge in [0.1, 0.15) is 109 Å². The van der Waals surface area contributed by atoms with Gasteiger partial charge in [0.25, 0.3) is 0 Å². The van der Waals surface area contributed by atoms with Gasteiger partial charge < -0.3 is 139 Å². The average molecular weight is 1450 g/mol. The summed E-state index contributed by atoms with van der Waals surface area (Å²) >= 11 is 0. The number of carboxylic acid groups (broad SMARTS) is 1. The molecule has 0 aromatic heterocycles. The summed E-state index contributed by atoms with van der Waals surface area (Å²) in [6.45, 7) is 10.2. The minimum Gasteiger partial charge on any atom is -0.479 e. The summed E-state index contributed by atoms with van der Waals surface area (Å²) in [6.07, 6.45) is -26.0. The van der Waals surface area contributed by atoms with E-state index in [2.05, 4.69) is 46.0 Å². The highest BCUT2D eigenvalue weighted by molar-refractivity contribution is 5.80. The maximum atomic E-state index is 15.3. The molecule has 0 aromatic carbocycles. The largest absolute Gasteiger partial charge is 0.479 e. The van der Waals surface area contributed by atoms with E-state index in [4.69, 9.17) is 47.4 Å². The van der Waals surface area contributed by atoms with E-state index in [0.717, 1.165) is 63.2 Å². The predicted octanol–water partition coefficient (Wildman–Crippen LogP) is -1.67. The number of carboxylic acids is 1. The third-order valence-corrected chi connectivity index (χ3v) is 25.7. The number of ether oxygens (including phenoxy) is 10. The number of fused-ring (bicyclic) bond motifs is 7. The number of aliphatic hydroxyl groups excluding tert-OH is 15. The van der Waals surface area contributed by atoms with Crippen LogP contribution in [-0.2, 0) is 66.5 Å². The lowest BCUT2D eigenvalue weighted by molar-refractivity contribution is -0.391. The Balaban J connectivity index is 0.796. The van der Waals surface area contributed by atoms with Gasteiger partial charge in [-0.15, -0.1) is 0 Å². The van der Waals surface area contributed by atoms with Gasteiger partial charge in [-0.3, -0.25) is 9.59 Å². The average Bonchev–Trinajstić information content (AvgIpc) is 0.958. The van der Waals surface area contributed by atoms with Crippen LogP contribution >= 0.6 is 0 Å². The molecule has 578 valence electrons. The summed E-state index contributed by atoms with van der Waals surface area (Å²) in [6, 6.07) is -1.26. The van der Waals surface area contributed by atoms with Crippen LogP contribution in [0.2, 0.25) is 0 Å². The number of carbonyl (C=O) groups is 4. The zero-order valence-electron chi connectivity index (χ0n) is 58.7. The number of unbranched alkanes of at least 4 members (excludes halogenated alkanes) is 8. The lowest BCUT2D eigenvalue weighted by atomic mass is 9.33. The third-order valence-electron chi connectivity index (χ3n) is 25.7. The molecule has 5 aliphatic heterocycles. The molecule has 5 aliphatic carbocycles. The first-order chi connectivity index (χ1) is 47.7. The van der Waals surface area contributed by atoms with Crippen molar-refractivity contribution in [2.24, 2.45) is 50.2 Å². The van der Waals surface area contributed by atoms with Gasteiger partial charge in [-0.1, -0.05) is 98.1 Å². The van der Waals surface area contributed by atoms with Crippen molar-refractivity contribution in [2.75, 3.05) is 33.0 Å². The van der Waals surface area contributed by atoms with E-state index < -0.39 is 237 Å². The van der Waals surface area contributed by atoms with Crippen molar-refractivity contribution in [3.63, 3.8) is 0 Å². The number of hydrogen-bond donors (Lipinski definition) is 17. The Labute approximate surface area is 587 Å². The maximum absolute atomic E-state index is 15.3. The lowest BCUT2D eigenvalue weighted by Gasteiger charge is -2.71. The number of allylic oxidation sites excluding steroid dienone is 2. The number of aliphatic carboxylic acids is 1. The summed E-state index contributed by atoms with van der Waals surface area (Å²) in [5.41, 5.74) is -4.32. The highest BCUT2D eigenvalue weighted by Crippen LogP contribution is 2.76. The van der Waals surface area contributed by atoms with Crippen LogP contribution in [0, 0.1) is 50.2 Å². The van der Waals surface area contributed by atoms with Crippen molar-refractivity contribution >= 4 is 24.1 Å². The molecule has 33 atom stereocenters. The molecule has 5 heterocycles. The van der Waals surface area contributed by atoms with Crippen LogP contribution < -0.4 is 5.32 Å². The van der Waals surface area contributed by atoms with Gasteiger partial charge in [-0.2, -0.15) is 0 Å². The van der Waals surface area contributed by atoms with Gasteiger partial charge in [0.15, 0.2) is 31.3 Å². The third kappa shape index (κ3) is 15.3. The Morgan fingerprint density at radius 1 is 0.574 bits per heavy atom. The highest BCUT2D eigenvalue weighted by atomic mass is 16.8. The van der Waals surface area contributed by atoms with Crippen molar-refractivity contribution in [1.29, 1.82) is 0 Å². The zero-order chi connectivity index (χ0) is 73.6. The highest BCUT2D eigenvalue weighted by Gasteiger charge is 2.73. The molecule has 10 aliphatic rings. The molecule has 1 amide bonds. The summed E-state index contributed by atoms with van der Waals surface area (Å²) in [5, 5.41) is 176. The van der Waals surface area contributed by atoms with Gasteiger partial charge >= 0.3 is 11.9 Å². The molecule has 0 spiro atoms. The molecule has 101 heavy (non-hydrogen) atoms. The first-order valence-corrected chi connectivity index (χ1v) is 36.4. The SMILES string of the molecule is CC1(C)CC[C@@]2(C(=O)O[C@@H]3O[C@H](CO)[C@H](NC(=O)CCCCCCCCCCCO[C@@H]4O[C@@H](CO)[C@H](O)[C@H]4O)[C@H](O)[C@H]3O)C(C1)C1=CCC3[C@@]4(C)CC[C@H](O[C@@H]5O[C@H](C(=O)O)[C@@H](O)[C@H](O[C@@H]6OC[C@@H](O)[C@H](O)[C@H]6O)[C@H]5O[C@H]5O[C@H](CO)[C@H](O)[C@H](O)[C@H]5O)[C@@](C)(C=O)C4CC[C@@]3(C)[C@]1(C)C[C@H]2O. The molecule has 0 radical (unpaired) electrons. The second-order valence-electron chi connectivity index (χ2n) is 32.2. The molecule has 4 saturated carbocycles. The molecule has 9 fully saturated rings. The fraction of sp³-hybridized carbons (Fsp3) is 0.914. The Kier molecular flexibility index (Phi) is 25.8. The molecule has 3 unspecified atom stereocenters. The van der Waals surface area contributed by atoms with Gasteiger partial charge in [0, 0.05) is 13.0 Å². The van der Waals surface area contributed by atoms with E-state index in [0.29, 0.717) is 51.6 Å². The van der Waals surface area contributed by atoms with Crippen LogP contribution in [0.5, 0.6) is 0 Å². The second kappa shape index (κ2) is 32.4. The number of carbonyl (C=O) groups excluding carboxylic acids is 3. The number of rotatable bonds is 27. The molecule has 31 nitrogen and oxygen atoms in total. The molecule has 17 N–H and O–H groups in total. The summed E-state index contributed by atoms with van der Waals surface area (Å²) < 4.78 is 59.3. The van der Waals surface area contributed by atoms with Crippen LogP contribution in [-0.4, -0.2) is 292 Å². The van der Waals surface area contributed by atoms with Crippen molar-refractivity contribution in [3.05, 3.63) is 11.6 Å². The van der Waals surface area contributed by atoms with Crippen LogP contribution in [0.1, 0.15) is 164 Å². The van der Waals surface area contributed by atoms with E-state index in [1.807, 2.05) is 0 Å². The number of aldehydes is 1. The standard InChI is InChI=1S/C70H113NO30/c1-65(2)23-24-70(64(91)101-62-52(86)48(82)44(36(28-72)94-62)71-43(78)16-14-12-10-8-7-9-11-13-15-25-92-59-51(85)47(81)38(30-74)95-59)34(26-65)33-17-18-40-66(3)21-20-42(67(4,32-75)39(66)19-22-68(40,5)69(33,6)27-41(70)77)97-63-57(100-61-53(87)49(83)46(80)37(29-73)96-61)55(54(88)56(99-63)58(89)90)98-60-50(84)45(79)35(76)31-93-60/h17,32,34-42,44-57,59-63,72-74,76-77,79-88H,7-16,18-31H2,1-6H3,(H,71,78)(H,89,90)/t34?,35-,36-,37-,38+,39?,40?,41-,42+,44+,45+,46+,47+,48+,49+,50-,51-,52-,53-,54+,55+,56+,57-,59-,60+,61-,62+,63-,66+,67+,68-,69-,70-/m1/s1. The van der Waals surface area contributed by atoms with E-state index in [1.54, 1.807) is 6.92 Å². The number of nitrogens with one attached hydrogen (secondary N) is 1. The number of hydrogen-bond acceptors (Lipinski definition) is 29. The van der Waals surface area contributed by atoms with Gasteiger partial charge in [-0.05, 0) is 110 Å². The Morgan fingerprint density at radius 2 is 1.16 bits per heavy atom. The molecule has 0 aromatic rings. The monoisotopic (exact) mass is 1450 g/mol. The molecular formula is C70H113NO30. The molecular weight excluding hydrogens is 1330 g/mol. The fourth-order valence-corrected chi connectivity index (χ4v) is 19.4. The van der Waals surface area contributed by atoms with Crippen molar-refractivity contribution in [1.82, 2.24) is 5.32 Å². The molecule has 5 saturated heterocycles.